The number of hydrogen-bond acceptors (Lipinski definition) is 2. The average molecular weight is 251 g/mol. The topological polar surface area (TPSA) is 22.4 Å². The summed E-state index contributed by atoms with van der Waals surface area (Å²) in [5.41, 5.74) is 2.23. The third-order valence-corrected chi connectivity index (χ3v) is 3.09. The highest BCUT2D eigenvalue weighted by Gasteiger charge is 2.14. The van der Waals surface area contributed by atoms with Crippen LogP contribution in [0.2, 0.25) is 0 Å². The van der Waals surface area contributed by atoms with Crippen LogP contribution in [0.1, 0.15) is 22.3 Å². The Kier molecular flexibility index (Phi) is 3.75. The molecule has 0 saturated carbocycles. The minimum Gasteiger partial charge on any atom is -0.497 e. The molecule has 0 amide bonds. The lowest BCUT2D eigenvalue weighted by Crippen LogP contribution is -1.96. The van der Waals surface area contributed by atoms with E-state index in [2.05, 4.69) is 0 Å². The van der Waals surface area contributed by atoms with E-state index in [-0.39, 0.29) is 5.38 Å². The van der Waals surface area contributed by atoms with Gasteiger partial charge in [0.15, 0.2) is 0 Å². The number of halogens is 1. The van der Waals surface area contributed by atoms with E-state index in [4.69, 9.17) is 20.8 Å². The third kappa shape index (κ3) is 2.83. The summed E-state index contributed by atoms with van der Waals surface area (Å²) >= 11 is 6.35. The number of aryl methyl sites for hydroxylation is 1. The molecule has 0 bridgehead atoms. The highest BCUT2D eigenvalue weighted by Crippen LogP contribution is 2.29. The van der Waals surface area contributed by atoms with E-state index in [1.807, 2.05) is 37.3 Å². The Morgan fingerprint density at radius 3 is 2.82 bits per heavy atom. The van der Waals surface area contributed by atoms with Crippen LogP contribution in [0.5, 0.6) is 5.75 Å². The summed E-state index contributed by atoms with van der Waals surface area (Å²) in [6, 6.07) is 9.85. The maximum Gasteiger partial charge on any atom is 0.124 e. The van der Waals surface area contributed by atoms with Crippen molar-refractivity contribution in [1.82, 2.24) is 0 Å². The van der Waals surface area contributed by atoms with Crippen molar-refractivity contribution in [1.29, 1.82) is 0 Å². The molecule has 17 heavy (non-hydrogen) atoms. The number of methoxy groups -OCH3 is 1. The summed E-state index contributed by atoms with van der Waals surface area (Å²) < 4.78 is 10.6. The van der Waals surface area contributed by atoms with Crippen molar-refractivity contribution >= 4 is 11.6 Å². The van der Waals surface area contributed by atoms with Crippen LogP contribution >= 0.6 is 11.6 Å². The second-order valence-corrected chi connectivity index (χ2v) is 4.52. The second kappa shape index (κ2) is 5.28. The van der Waals surface area contributed by atoms with Gasteiger partial charge in [-0.3, -0.25) is 0 Å². The Morgan fingerprint density at radius 2 is 2.18 bits per heavy atom. The molecule has 1 unspecified atom stereocenters. The Balaban J connectivity index is 2.13. The molecular formula is C14H15ClO2. The predicted octanol–water partition coefficient (Wildman–Crippen LogP) is 4.12. The molecule has 0 radical (unpaired) electrons. The van der Waals surface area contributed by atoms with E-state index in [0.717, 1.165) is 29.1 Å². The summed E-state index contributed by atoms with van der Waals surface area (Å²) in [7, 11) is 1.66. The van der Waals surface area contributed by atoms with Crippen molar-refractivity contribution in [2.75, 3.05) is 7.11 Å². The van der Waals surface area contributed by atoms with Gasteiger partial charge in [-0.05, 0) is 42.7 Å². The van der Waals surface area contributed by atoms with Crippen molar-refractivity contribution in [3.8, 4) is 5.75 Å². The zero-order valence-electron chi connectivity index (χ0n) is 9.94. The van der Waals surface area contributed by atoms with E-state index in [0.29, 0.717) is 0 Å². The number of furan rings is 1. The fourth-order valence-corrected chi connectivity index (χ4v) is 2.21. The van der Waals surface area contributed by atoms with Crippen molar-refractivity contribution in [2.45, 2.75) is 18.7 Å². The van der Waals surface area contributed by atoms with Crippen molar-refractivity contribution in [3.05, 3.63) is 53.5 Å². The van der Waals surface area contributed by atoms with Gasteiger partial charge in [0.05, 0.1) is 18.8 Å². The van der Waals surface area contributed by atoms with Crippen molar-refractivity contribution in [2.24, 2.45) is 0 Å². The summed E-state index contributed by atoms with van der Waals surface area (Å²) in [4.78, 5) is 0. The first-order valence-electron chi connectivity index (χ1n) is 5.51. The number of benzene rings is 1. The van der Waals surface area contributed by atoms with Crippen LogP contribution in [0.25, 0.3) is 0 Å². The number of rotatable bonds is 4. The minimum absolute atomic E-state index is 0.142. The van der Waals surface area contributed by atoms with Crippen LogP contribution in [0.4, 0.5) is 0 Å². The maximum absolute atomic E-state index is 6.35. The zero-order chi connectivity index (χ0) is 12.3. The first-order valence-corrected chi connectivity index (χ1v) is 5.95. The number of hydrogen-bond donors (Lipinski definition) is 0. The molecule has 1 heterocycles. The Labute approximate surface area is 106 Å². The van der Waals surface area contributed by atoms with Gasteiger partial charge in [0.25, 0.3) is 0 Å². The number of alkyl halides is 1. The Morgan fingerprint density at radius 1 is 1.35 bits per heavy atom. The Hall–Kier alpha value is -1.41. The molecule has 1 aromatic heterocycles. The standard InChI is InChI=1S/C14H15ClO2/c1-10-6-7-17-14(10)13(15)9-11-4-3-5-12(8-11)16-2/h3-8,13H,9H2,1-2H3. The highest BCUT2D eigenvalue weighted by molar-refractivity contribution is 6.20. The maximum atomic E-state index is 6.35. The lowest BCUT2D eigenvalue weighted by atomic mass is 10.1. The van der Waals surface area contributed by atoms with Gasteiger partial charge in [-0.15, -0.1) is 11.6 Å². The minimum atomic E-state index is -0.142. The average Bonchev–Trinajstić information content (AvgIpc) is 2.76. The molecule has 0 aliphatic rings. The smallest absolute Gasteiger partial charge is 0.124 e. The van der Waals surface area contributed by atoms with Gasteiger partial charge < -0.3 is 9.15 Å². The molecule has 0 saturated heterocycles. The van der Waals surface area contributed by atoms with E-state index in [1.54, 1.807) is 13.4 Å². The molecule has 90 valence electrons. The molecule has 1 aromatic carbocycles. The molecular weight excluding hydrogens is 236 g/mol. The molecule has 1 atom stereocenters. The van der Waals surface area contributed by atoms with Crippen LogP contribution < -0.4 is 4.74 Å². The van der Waals surface area contributed by atoms with Gasteiger partial charge in [-0.1, -0.05) is 12.1 Å². The van der Waals surface area contributed by atoms with Gasteiger partial charge in [0, 0.05) is 0 Å². The van der Waals surface area contributed by atoms with Gasteiger partial charge in [0.2, 0.25) is 0 Å². The van der Waals surface area contributed by atoms with Crippen LogP contribution in [-0.4, -0.2) is 7.11 Å². The van der Waals surface area contributed by atoms with Gasteiger partial charge in [-0.25, -0.2) is 0 Å². The molecule has 0 spiro atoms. The van der Waals surface area contributed by atoms with Crippen LogP contribution in [-0.2, 0) is 6.42 Å². The summed E-state index contributed by atoms with van der Waals surface area (Å²) in [6.07, 6.45) is 2.40. The summed E-state index contributed by atoms with van der Waals surface area (Å²) in [5.74, 6) is 1.69. The van der Waals surface area contributed by atoms with Gasteiger partial charge in [0.1, 0.15) is 11.5 Å². The normalized spacial score (nSPS) is 12.4. The largest absolute Gasteiger partial charge is 0.497 e. The van der Waals surface area contributed by atoms with Crippen molar-refractivity contribution in [3.63, 3.8) is 0 Å². The predicted molar refractivity (Wildman–Crippen MR) is 68.7 cm³/mol. The third-order valence-electron chi connectivity index (χ3n) is 2.74. The molecule has 2 aromatic rings. The lowest BCUT2D eigenvalue weighted by Gasteiger charge is -2.09. The van der Waals surface area contributed by atoms with Crippen molar-refractivity contribution < 1.29 is 9.15 Å². The summed E-state index contributed by atoms with van der Waals surface area (Å²) in [5, 5.41) is -0.142. The second-order valence-electron chi connectivity index (χ2n) is 3.99. The molecule has 0 aliphatic heterocycles. The van der Waals surface area contributed by atoms with Crippen LogP contribution in [0.3, 0.4) is 0 Å². The highest BCUT2D eigenvalue weighted by atomic mass is 35.5. The van der Waals surface area contributed by atoms with E-state index in [9.17, 15) is 0 Å². The quantitative estimate of drug-likeness (QED) is 0.762. The molecule has 2 rings (SSSR count). The SMILES string of the molecule is COc1cccc(CC(Cl)c2occc2C)c1. The van der Waals surface area contributed by atoms with Crippen LogP contribution in [0.15, 0.2) is 41.0 Å². The van der Waals surface area contributed by atoms with Crippen LogP contribution in [0, 0.1) is 6.92 Å². The first-order chi connectivity index (χ1) is 8.20. The summed E-state index contributed by atoms with van der Waals surface area (Å²) in [6.45, 7) is 2.00. The fourth-order valence-electron chi connectivity index (χ4n) is 1.80. The zero-order valence-corrected chi connectivity index (χ0v) is 10.7. The monoisotopic (exact) mass is 250 g/mol. The molecule has 0 fully saturated rings. The van der Waals surface area contributed by atoms with Gasteiger partial charge in [-0.2, -0.15) is 0 Å². The van der Waals surface area contributed by atoms with Gasteiger partial charge >= 0.3 is 0 Å². The fraction of sp³-hybridized carbons (Fsp3) is 0.286. The lowest BCUT2D eigenvalue weighted by molar-refractivity contribution is 0.414. The molecule has 0 N–H and O–H groups in total. The molecule has 0 aliphatic carbocycles. The molecule has 3 heteroatoms. The van der Waals surface area contributed by atoms with E-state index < -0.39 is 0 Å². The Bertz CT molecular complexity index is 490. The first kappa shape index (κ1) is 12.1. The van der Waals surface area contributed by atoms with E-state index >= 15 is 0 Å². The number of ether oxygens (including phenoxy) is 1. The molecule has 2 nitrogen and oxygen atoms in total. The van der Waals surface area contributed by atoms with E-state index in [1.165, 1.54) is 0 Å².